The van der Waals surface area contributed by atoms with Gasteiger partial charge in [0.2, 0.25) is 0 Å². The van der Waals surface area contributed by atoms with E-state index in [0.29, 0.717) is 0 Å². The molecule has 0 N–H and O–H groups in total. The maximum absolute atomic E-state index is 13.5. The van der Waals surface area contributed by atoms with Crippen molar-refractivity contribution in [1.82, 2.24) is 0 Å². The molecular weight excluding hydrogens is 218 g/mol. The Morgan fingerprint density at radius 2 is 2.00 bits per heavy atom. The molecule has 1 rings (SSSR count). The lowest BCUT2D eigenvalue weighted by Crippen LogP contribution is -2.14. The van der Waals surface area contributed by atoms with Crippen LogP contribution in [0.4, 0.5) is 8.78 Å². The highest BCUT2D eigenvalue weighted by atomic mass is 19.1. The van der Waals surface area contributed by atoms with Crippen LogP contribution in [0, 0.1) is 18.6 Å². The first-order valence-corrected chi connectivity index (χ1v) is 4.68. The van der Waals surface area contributed by atoms with E-state index in [9.17, 15) is 13.6 Å². The zero-order valence-corrected chi connectivity index (χ0v) is 9.05. The maximum Gasteiger partial charge on any atom is 0.344 e. The number of rotatable bonds is 4. The molecule has 0 aliphatic heterocycles. The molecular formula is C11H12F2O3. The van der Waals surface area contributed by atoms with Crippen LogP contribution in [-0.4, -0.2) is 26.3 Å². The summed E-state index contributed by atoms with van der Waals surface area (Å²) in [6.45, 7) is 1.59. The predicted octanol–water partition coefficient (Wildman–Crippen LogP) is 2.08. The van der Waals surface area contributed by atoms with Crippen LogP contribution in [0.1, 0.15) is 15.9 Å². The zero-order chi connectivity index (χ0) is 12.1. The number of benzene rings is 1. The molecule has 0 fully saturated rings. The van der Waals surface area contributed by atoms with Crippen molar-refractivity contribution in [1.29, 1.82) is 0 Å². The normalized spacial score (nSPS) is 10.2. The summed E-state index contributed by atoms with van der Waals surface area (Å²) in [4.78, 5) is 11.4. The molecule has 3 nitrogen and oxygen atoms in total. The van der Waals surface area contributed by atoms with Crippen molar-refractivity contribution in [3.05, 3.63) is 34.9 Å². The Kier molecular flexibility index (Phi) is 4.37. The van der Waals surface area contributed by atoms with E-state index < -0.39 is 23.2 Å². The molecule has 0 bridgehead atoms. The lowest BCUT2D eigenvalue weighted by Gasteiger charge is -2.07. The minimum absolute atomic E-state index is 0.0395. The van der Waals surface area contributed by atoms with Gasteiger partial charge in [0.25, 0.3) is 0 Å². The fraction of sp³-hybridized carbons (Fsp3) is 0.364. The molecule has 1 aromatic carbocycles. The standard InChI is InChI=1S/C11H12F2O3/c1-7-3-4-8(12)9(10(7)13)11(14)16-6-5-15-2/h3-4H,5-6H2,1-2H3. The molecule has 88 valence electrons. The Bertz CT molecular complexity index is 391. The smallest absolute Gasteiger partial charge is 0.344 e. The third-order valence-electron chi connectivity index (χ3n) is 2.01. The van der Waals surface area contributed by atoms with Gasteiger partial charge in [-0.2, -0.15) is 0 Å². The van der Waals surface area contributed by atoms with E-state index in [2.05, 4.69) is 9.47 Å². The predicted molar refractivity (Wildman–Crippen MR) is 53.3 cm³/mol. The zero-order valence-electron chi connectivity index (χ0n) is 9.05. The van der Waals surface area contributed by atoms with Gasteiger partial charge in [-0.15, -0.1) is 0 Å². The van der Waals surface area contributed by atoms with Crippen LogP contribution in [0.2, 0.25) is 0 Å². The summed E-state index contributed by atoms with van der Waals surface area (Å²) in [5.41, 5.74) is -0.462. The Labute approximate surface area is 92.0 Å². The summed E-state index contributed by atoms with van der Waals surface area (Å²) in [5.74, 6) is -2.83. The van der Waals surface area contributed by atoms with Crippen molar-refractivity contribution in [3.8, 4) is 0 Å². The van der Waals surface area contributed by atoms with E-state index in [1.54, 1.807) is 0 Å². The number of carbonyl (C=O) groups excluding carboxylic acids is 1. The van der Waals surface area contributed by atoms with Crippen LogP contribution in [0.15, 0.2) is 12.1 Å². The van der Waals surface area contributed by atoms with E-state index >= 15 is 0 Å². The largest absolute Gasteiger partial charge is 0.459 e. The number of halogens is 2. The average Bonchev–Trinajstić information content (AvgIpc) is 2.24. The minimum Gasteiger partial charge on any atom is -0.459 e. The van der Waals surface area contributed by atoms with E-state index in [4.69, 9.17) is 0 Å². The molecule has 1 aromatic rings. The molecule has 0 unspecified atom stereocenters. The Morgan fingerprint density at radius 1 is 1.31 bits per heavy atom. The summed E-state index contributed by atoms with van der Waals surface area (Å²) in [6.07, 6.45) is 0. The van der Waals surface area contributed by atoms with Gasteiger partial charge in [0, 0.05) is 7.11 Å². The van der Waals surface area contributed by atoms with Crippen LogP contribution in [0.25, 0.3) is 0 Å². The summed E-state index contributed by atoms with van der Waals surface area (Å²) in [7, 11) is 1.43. The first kappa shape index (κ1) is 12.6. The summed E-state index contributed by atoms with van der Waals surface area (Å²) >= 11 is 0. The quantitative estimate of drug-likeness (QED) is 0.586. The molecule has 0 saturated heterocycles. The molecule has 0 atom stereocenters. The SMILES string of the molecule is COCCOC(=O)c1c(F)ccc(C)c1F. The van der Waals surface area contributed by atoms with E-state index in [1.807, 2.05) is 0 Å². The molecule has 0 heterocycles. The molecule has 0 aliphatic carbocycles. The second-order valence-corrected chi connectivity index (χ2v) is 3.18. The first-order chi connectivity index (χ1) is 7.57. The van der Waals surface area contributed by atoms with Crippen LogP contribution < -0.4 is 0 Å². The second kappa shape index (κ2) is 5.55. The Morgan fingerprint density at radius 3 is 2.62 bits per heavy atom. The number of carbonyl (C=O) groups is 1. The molecule has 0 saturated carbocycles. The van der Waals surface area contributed by atoms with Crippen molar-refractivity contribution in [3.63, 3.8) is 0 Å². The van der Waals surface area contributed by atoms with Gasteiger partial charge < -0.3 is 9.47 Å². The summed E-state index contributed by atoms with van der Waals surface area (Å²) in [5, 5.41) is 0. The van der Waals surface area contributed by atoms with Crippen molar-refractivity contribution < 1.29 is 23.0 Å². The second-order valence-electron chi connectivity index (χ2n) is 3.18. The van der Waals surface area contributed by atoms with E-state index in [0.717, 1.165) is 6.07 Å². The third-order valence-corrected chi connectivity index (χ3v) is 2.01. The van der Waals surface area contributed by atoms with Gasteiger partial charge in [-0.25, -0.2) is 13.6 Å². The van der Waals surface area contributed by atoms with Crippen molar-refractivity contribution in [2.45, 2.75) is 6.92 Å². The van der Waals surface area contributed by atoms with Crippen LogP contribution >= 0.6 is 0 Å². The van der Waals surface area contributed by atoms with Crippen LogP contribution in [0.5, 0.6) is 0 Å². The average molecular weight is 230 g/mol. The van der Waals surface area contributed by atoms with Crippen molar-refractivity contribution >= 4 is 5.97 Å². The number of hydrogen-bond acceptors (Lipinski definition) is 3. The molecule has 0 spiro atoms. The molecule has 0 aliphatic rings. The minimum atomic E-state index is -1.02. The lowest BCUT2D eigenvalue weighted by atomic mass is 10.1. The van der Waals surface area contributed by atoms with Crippen LogP contribution in [-0.2, 0) is 9.47 Å². The van der Waals surface area contributed by atoms with Crippen molar-refractivity contribution in [2.24, 2.45) is 0 Å². The fourth-order valence-electron chi connectivity index (χ4n) is 1.13. The highest BCUT2D eigenvalue weighted by molar-refractivity contribution is 5.90. The maximum atomic E-state index is 13.5. The summed E-state index contributed by atoms with van der Waals surface area (Å²) in [6, 6.07) is 2.29. The van der Waals surface area contributed by atoms with Gasteiger partial charge in [-0.05, 0) is 18.6 Å². The molecule has 0 radical (unpaired) electrons. The van der Waals surface area contributed by atoms with Gasteiger partial charge >= 0.3 is 5.97 Å². The number of ether oxygens (including phenoxy) is 2. The van der Waals surface area contributed by atoms with Crippen LogP contribution in [0.3, 0.4) is 0 Å². The highest BCUT2D eigenvalue weighted by Gasteiger charge is 2.20. The Hall–Kier alpha value is -1.49. The first-order valence-electron chi connectivity index (χ1n) is 4.68. The van der Waals surface area contributed by atoms with E-state index in [-0.39, 0.29) is 18.8 Å². The number of esters is 1. The molecule has 0 amide bonds. The van der Waals surface area contributed by atoms with Gasteiger partial charge in [0.1, 0.15) is 23.8 Å². The monoisotopic (exact) mass is 230 g/mol. The number of methoxy groups -OCH3 is 1. The molecule has 16 heavy (non-hydrogen) atoms. The lowest BCUT2D eigenvalue weighted by molar-refractivity contribution is 0.0377. The van der Waals surface area contributed by atoms with Gasteiger partial charge in [0.05, 0.1) is 6.61 Å². The Balaban J connectivity index is 2.86. The number of hydrogen-bond donors (Lipinski definition) is 0. The fourth-order valence-corrected chi connectivity index (χ4v) is 1.13. The highest BCUT2D eigenvalue weighted by Crippen LogP contribution is 2.17. The number of aryl methyl sites for hydroxylation is 1. The van der Waals surface area contributed by atoms with E-state index in [1.165, 1.54) is 20.1 Å². The van der Waals surface area contributed by atoms with Gasteiger partial charge in [0.15, 0.2) is 0 Å². The van der Waals surface area contributed by atoms with Gasteiger partial charge in [-0.3, -0.25) is 0 Å². The van der Waals surface area contributed by atoms with Gasteiger partial charge in [-0.1, -0.05) is 6.07 Å². The summed E-state index contributed by atoms with van der Waals surface area (Å²) < 4.78 is 36.0. The third kappa shape index (κ3) is 2.76. The van der Waals surface area contributed by atoms with Crippen molar-refractivity contribution in [2.75, 3.05) is 20.3 Å². The molecule has 0 aromatic heterocycles. The molecule has 5 heteroatoms. The topological polar surface area (TPSA) is 35.5 Å².